The summed E-state index contributed by atoms with van der Waals surface area (Å²) < 4.78 is 2.33. The number of carbonyl (C=O) groups is 1. The van der Waals surface area contributed by atoms with Gasteiger partial charge >= 0.3 is 0 Å². The number of anilines is 1. The van der Waals surface area contributed by atoms with Gasteiger partial charge in [0, 0.05) is 24.7 Å². The summed E-state index contributed by atoms with van der Waals surface area (Å²) in [6, 6.07) is 11.7. The first-order valence-electron chi connectivity index (χ1n) is 7.97. The van der Waals surface area contributed by atoms with Crippen molar-refractivity contribution >= 4 is 23.9 Å². The predicted molar refractivity (Wildman–Crippen MR) is 99.8 cm³/mol. The van der Waals surface area contributed by atoms with E-state index in [1.807, 2.05) is 48.7 Å². The molecule has 0 fully saturated rings. The van der Waals surface area contributed by atoms with E-state index < -0.39 is 0 Å². The van der Waals surface area contributed by atoms with Crippen LogP contribution in [0.2, 0.25) is 0 Å². The molecule has 0 spiro atoms. The zero-order chi connectivity index (χ0) is 17.8. The van der Waals surface area contributed by atoms with Crippen molar-refractivity contribution in [2.75, 3.05) is 5.32 Å². The molecule has 0 aliphatic carbocycles. The lowest BCUT2D eigenvalue weighted by molar-refractivity contribution is -0.116. The number of aryl methyl sites for hydroxylation is 2. The number of aromatic nitrogens is 4. The van der Waals surface area contributed by atoms with Crippen LogP contribution in [-0.2, 0) is 11.3 Å². The van der Waals surface area contributed by atoms with E-state index in [4.69, 9.17) is 12.2 Å². The minimum absolute atomic E-state index is 0.116. The SMILES string of the molecule is Cc1ccc(-c2n[nH]c(=S)n2CCC(=O)Nc2ccc(C)cn2)cc1. The van der Waals surface area contributed by atoms with Crippen molar-refractivity contribution in [2.24, 2.45) is 0 Å². The smallest absolute Gasteiger partial charge is 0.227 e. The number of hydrogen-bond donors (Lipinski definition) is 2. The lowest BCUT2D eigenvalue weighted by Gasteiger charge is -2.08. The summed E-state index contributed by atoms with van der Waals surface area (Å²) >= 11 is 5.30. The van der Waals surface area contributed by atoms with Crippen molar-refractivity contribution in [1.82, 2.24) is 19.7 Å². The molecule has 3 rings (SSSR count). The largest absolute Gasteiger partial charge is 0.311 e. The lowest BCUT2D eigenvalue weighted by atomic mass is 10.1. The normalized spacial score (nSPS) is 10.6. The number of nitrogens with one attached hydrogen (secondary N) is 2. The Labute approximate surface area is 150 Å². The lowest BCUT2D eigenvalue weighted by Crippen LogP contribution is -2.15. The summed E-state index contributed by atoms with van der Waals surface area (Å²) in [6.07, 6.45) is 2.00. The van der Waals surface area contributed by atoms with Gasteiger partial charge in [-0.15, -0.1) is 0 Å². The van der Waals surface area contributed by atoms with Crippen LogP contribution in [0, 0.1) is 18.6 Å². The fourth-order valence-electron chi connectivity index (χ4n) is 2.41. The molecule has 2 N–H and O–H groups in total. The van der Waals surface area contributed by atoms with Gasteiger partial charge in [-0.3, -0.25) is 14.5 Å². The molecule has 0 saturated carbocycles. The minimum atomic E-state index is -0.116. The molecule has 0 bridgehead atoms. The maximum atomic E-state index is 12.2. The molecule has 1 amide bonds. The number of nitrogens with zero attached hydrogens (tertiary/aromatic N) is 3. The van der Waals surface area contributed by atoms with Gasteiger partial charge < -0.3 is 5.32 Å². The molecule has 25 heavy (non-hydrogen) atoms. The van der Waals surface area contributed by atoms with Crippen LogP contribution < -0.4 is 5.32 Å². The van der Waals surface area contributed by atoms with Crippen LogP contribution in [-0.4, -0.2) is 25.7 Å². The standard InChI is InChI=1S/C18H19N5OS/c1-12-3-6-14(7-4-12)17-21-22-18(25)23(17)10-9-16(24)20-15-8-5-13(2)11-19-15/h3-8,11H,9-10H2,1-2H3,(H,22,25)(H,19,20,24). The number of pyridine rings is 1. The first kappa shape index (κ1) is 17.0. The van der Waals surface area contributed by atoms with Gasteiger partial charge in [-0.2, -0.15) is 5.10 Å². The number of hydrogen-bond acceptors (Lipinski definition) is 4. The van der Waals surface area contributed by atoms with E-state index in [0.29, 0.717) is 17.1 Å². The van der Waals surface area contributed by atoms with Crippen molar-refractivity contribution in [2.45, 2.75) is 26.8 Å². The summed E-state index contributed by atoms with van der Waals surface area (Å²) in [5.41, 5.74) is 3.18. The first-order valence-corrected chi connectivity index (χ1v) is 8.38. The van der Waals surface area contributed by atoms with Crippen LogP contribution in [0.5, 0.6) is 0 Å². The second kappa shape index (κ2) is 7.40. The van der Waals surface area contributed by atoms with Gasteiger partial charge in [-0.1, -0.05) is 35.9 Å². The van der Waals surface area contributed by atoms with Crippen LogP contribution in [0.4, 0.5) is 5.82 Å². The summed E-state index contributed by atoms with van der Waals surface area (Å²) in [5.74, 6) is 1.16. The number of H-pyrrole nitrogens is 1. The second-order valence-electron chi connectivity index (χ2n) is 5.89. The van der Waals surface area contributed by atoms with Crippen LogP contribution >= 0.6 is 12.2 Å². The fraction of sp³-hybridized carbons (Fsp3) is 0.222. The number of rotatable bonds is 5. The van der Waals surface area contributed by atoms with Crippen molar-refractivity contribution in [3.05, 3.63) is 58.5 Å². The van der Waals surface area contributed by atoms with E-state index in [2.05, 4.69) is 20.5 Å². The van der Waals surface area contributed by atoms with Crippen molar-refractivity contribution in [1.29, 1.82) is 0 Å². The summed E-state index contributed by atoms with van der Waals surface area (Å²) in [6.45, 7) is 4.42. The molecule has 128 valence electrons. The quantitative estimate of drug-likeness (QED) is 0.687. The Morgan fingerprint density at radius 3 is 2.56 bits per heavy atom. The molecule has 7 heteroatoms. The van der Waals surface area contributed by atoms with Gasteiger partial charge in [0.1, 0.15) is 5.82 Å². The van der Waals surface area contributed by atoms with Crippen LogP contribution in [0.15, 0.2) is 42.6 Å². The van der Waals surface area contributed by atoms with Gasteiger partial charge in [0.15, 0.2) is 10.6 Å². The molecule has 2 aromatic heterocycles. The molecule has 0 aliphatic rings. The third-order valence-electron chi connectivity index (χ3n) is 3.81. The Balaban J connectivity index is 1.70. The monoisotopic (exact) mass is 353 g/mol. The van der Waals surface area contributed by atoms with E-state index in [1.54, 1.807) is 12.3 Å². The highest BCUT2D eigenvalue weighted by atomic mass is 32.1. The van der Waals surface area contributed by atoms with Crippen molar-refractivity contribution < 1.29 is 4.79 Å². The Hall–Kier alpha value is -2.80. The van der Waals surface area contributed by atoms with E-state index in [9.17, 15) is 4.79 Å². The summed E-state index contributed by atoms with van der Waals surface area (Å²) in [7, 11) is 0. The molecule has 1 aromatic carbocycles. The van der Waals surface area contributed by atoms with Crippen LogP contribution in [0.1, 0.15) is 17.5 Å². The van der Waals surface area contributed by atoms with E-state index >= 15 is 0 Å². The Morgan fingerprint density at radius 1 is 1.16 bits per heavy atom. The molecular formula is C18H19N5OS. The maximum Gasteiger partial charge on any atom is 0.227 e. The molecule has 0 radical (unpaired) electrons. The average Bonchev–Trinajstić information content (AvgIpc) is 2.96. The zero-order valence-corrected chi connectivity index (χ0v) is 14.9. The van der Waals surface area contributed by atoms with Crippen molar-refractivity contribution in [3.8, 4) is 11.4 Å². The van der Waals surface area contributed by atoms with Crippen molar-refractivity contribution in [3.63, 3.8) is 0 Å². The van der Waals surface area contributed by atoms with Gasteiger partial charge in [0.2, 0.25) is 5.91 Å². The average molecular weight is 353 g/mol. The molecule has 6 nitrogen and oxygen atoms in total. The molecule has 2 heterocycles. The van der Waals surface area contributed by atoms with Gasteiger partial charge in [0.05, 0.1) is 0 Å². The van der Waals surface area contributed by atoms with E-state index in [-0.39, 0.29) is 12.3 Å². The third-order valence-corrected chi connectivity index (χ3v) is 4.12. The molecule has 0 atom stereocenters. The van der Waals surface area contributed by atoms with Gasteiger partial charge in [-0.05, 0) is 37.7 Å². The Morgan fingerprint density at radius 2 is 1.88 bits per heavy atom. The number of carbonyl (C=O) groups excluding carboxylic acids is 1. The highest BCUT2D eigenvalue weighted by Crippen LogP contribution is 2.18. The fourth-order valence-corrected chi connectivity index (χ4v) is 2.63. The Bertz CT molecular complexity index is 925. The van der Waals surface area contributed by atoms with E-state index in [0.717, 1.165) is 17.0 Å². The second-order valence-corrected chi connectivity index (χ2v) is 6.28. The van der Waals surface area contributed by atoms with E-state index in [1.165, 1.54) is 5.56 Å². The molecule has 0 aliphatic heterocycles. The molecule has 0 unspecified atom stereocenters. The van der Waals surface area contributed by atoms with Crippen LogP contribution in [0.3, 0.4) is 0 Å². The third kappa shape index (κ3) is 4.19. The zero-order valence-electron chi connectivity index (χ0n) is 14.1. The predicted octanol–water partition coefficient (Wildman–Crippen LogP) is 3.65. The number of benzene rings is 1. The number of aromatic amines is 1. The Kier molecular flexibility index (Phi) is 5.04. The summed E-state index contributed by atoms with van der Waals surface area (Å²) in [5, 5.41) is 9.88. The summed E-state index contributed by atoms with van der Waals surface area (Å²) in [4.78, 5) is 16.3. The number of amides is 1. The molecular weight excluding hydrogens is 334 g/mol. The van der Waals surface area contributed by atoms with Gasteiger partial charge in [0.25, 0.3) is 0 Å². The maximum absolute atomic E-state index is 12.2. The minimum Gasteiger partial charge on any atom is -0.311 e. The highest BCUT2D eigenvalue weighted by molar-refractivity contribution is 7.71. The highest BCUT2D eigenvalue weighted by Gasteiger charge is 2.11. The van der Waals surface area contributed by atoms with Gasteiger partial charge in [-0.25, -0.2) is 4.98 Å². The molecule has 3 aromatic rings. The topological polar surface area (TPSA) is 75.6 Å². The van der Waals surface area contributed by atoms with Crippen LogP contribution in [0.25, 0.3) is 11.4 Å². The first-order chi connectivity index (χ1) is 12.0. The molecule has 0 saturated heterocycles.